The number of hydrogen-bond donors (Lipinski definition) is 1. The number of esters is 1. The summed E-state index contributed by atoms with van der Waals surface area (Å²) < 4.78 is 10.7. The largest absolute Gasteiger partial charge is 0.484 e. The van der Waals surface area contributed by atoms with E-state index in [1.165, 1.54) is 29.6 Å². The van der Waals surface area contributed by atoms with Crippen LogP contribution in [0.3, 0.4) is 0 Å². The van der Waals surface area contributed by atoms with Crippen LogP contribution in [0, 0.1) is 0 Å². The summed E-state index contributed by atoms with van der Waals surface area (Å²) in [6, 6.07) is 26.1. The van der Waals surface area contributed by atoms with E-state index in [9.17, 15) is 9.59 Å². The first-order chi connectivity index (χ1) is 17.8. The molecule has 5 nitrogen and oxygen atoms in total. The highest BCUT2D eigenvalue weighted by atomic mass is 32.1. The maximum atomic E-state index is 12.7. The van der Waals surface area contributed by atoms with Gasteiger partial charge < -0.3 is 14.8 Å². The van der Waals surface area contributed by atoms with E-state index >= 15 is 0 Å². The van der Waals surface area contributed by atoms with Crippen molar-refractivity contribution in [1.29, 1.82) is 0 Å². The van der Waals surface area contributed by atoms with Gasteiger partial charge in [-0.3, -0.25) is 4.79 Å². The van der Waals surface area contributed by atoms with Gasteiger partial charge in [-0.2, -0.15) is 0 Å². The first kappa shape index (κ1) is 26.2. The van der Waals surface area contributed by atoms with Crippen molar-refractivity contribution in [2.45, 2.75) is 32.6 Å². The molecule has 0 atom stereocenters. The van der Waals surface area contributed by atoms with Crippen molar-refractivity contribution in [2.24, 2.45) is 0 Å². The first-order valence-corrected chi connectivity index (χ1v) is 13.1. The molecule has 6 heteroatoms. The van der Waals surface area contributed by atoms with Crippen LogP contribution in [0.15, 0.2) is 84.2 Å². The van der Waals surface area contributed by atoms with E-state index in [4.69, 9.17) is 9.47 Å². The fraction of sp³-hybridized carbons (Fsp3) is 0.226. The Morgan fingerprint density at radius 2 is 1.54 bits per heavy atom. The molecule has 0 saturated carbocycles. The third kappa shape index (κ3) is 5.92. The second kappa shape index (κ2) is 11.4. The predicted octanol–water partition coefficient (Wildman–Crippen LogP) is 7.11. The first-order valence-electron chi connectivity index (χ1n) is 12.2. The summed E-state index contributed by atoms with van der Waals surface area (Å²) in [4.78, 5) is 25.3. The molecule has 1 heterocycles. The Hall–Kier alpha value is -3.90. The number of anilines is 1. The van der Waals surface area contributed by atoms with E-state index < -0.39 is 5.97 Å². The lowest BCUT2D eigenvalue weighted by Crippen LogP contribution is -2.21. The summed E-state index contributed by atoms with van der Waals surface area (Å²) in [5.74, 6) is -0.254. The molecule has 190 valence electrons. The Morgan fingerprint density at radius 3 is 2.16 bits per heavy atom. The normalized spacial score (nSPS) is 11.1. The number of carbonyl (C=O) groups excluding carboxylic acids is 2. The predicted molar refractivity (Wildman–Crippen MR) is 150 cm³/mol. The van der Waals surface area contributed by atoms with E-state index in [2.05, 4.69) is 38.2 Å². The number of nitrogens with one attached hydrogen (secondary N) is 1. The van der Waals surface area contributed by atoms with Crippen LogP contribution in [0.1, 0.15) is 47.8 Å². The van der Waals surface area contributed by atoms with E-state index in [0.717, 1.165) is 23.1 Å². The van der Waals surface area contributed by atoms with Crippen LogP contribution in [0.5, 0.6) is 5.75 Å². The van der Waals surface area contributed by atoms with Crippen molar-refractivity contribution < 1.29 is 19.1 Å². The number of carbonyl (C=O) groups is 2. The average Bonchev–Trinajstić information content (AvgIpc) is 3.35. The van der Waals surface area contributed by atoms with Crippen LogP contribution in [0.2, 0.25) is 0 Å². The quantitative estimate of drug-likeness (QED) is 0.242. The standard InChI is InChI=1S/C31H31NO4S/c1-5-21-11-13-22(14-12-21)26-20-37-29(28(26)30(34)35-4)32-27(33)19-36-25-17-15-24(16-18-25)31(2,3)23-9-7-6-8-10-23/h6-18,20H,5,19H2,1-4H3,(H,32,33). The van der Waals surface area contributed by atoms with Crippen LogP contribution < -0.4 is 10.1 Å². The van der Waals surface area contributed by atoms with Crippen molar-refractivity contribution in [3.8, 4) is 16.9 Å². The van der Waals surface area contributed by atoms with Gasteiger partial charge in [0.1, 0.15) is 16.3 Å². The molecule has 1 N–H and O–H groups in total. The number of ether oxygens (including phenoxy) is 2. The number of amides is 1. The molecule has 37 heavy (non-hydrogen) atoms. The zero-order valence-corrected chi connectivity index (χ0v) is 22.4. The molecule has 4 rings (SSSR count). The van der Waals surface area contributed by atoms with Gasteiger partial charge in [0.25, 0.3) is 5.91 Å². The number of benzene rings is 3. The topological polar surface area (TPSA) is 64.6 Å². The van der Waals surface area contributed by atoms with E-state index in [-0.39, 0.29) is 17.9 Å². The van der Waals surface area contributed by atoms with Gasteiger partial charge in [-0.1, -0.05) is 87.5 Å². The fourth-order valence-corrected chi connectivity index (χ4v) is 5.16. The van der Waals surface area contributed by atoms with E-state index in [0.29, 0.717) is 16.3 Å². The highest BCUT2D eigenvalue weighted by Gasteiger charge is 2.24. The Labute approximate surface area is 222 Å². The maximum absolute atomic E-state index is 12.7. The maximum Gasteiger partial charge on any atom is 0.341 e. The van der Waals surface area contributed by atoms with Crippen LogP contribution >= 0.6 is 11.3 Å². The minimum absolute atomic E-state index is 0.158. The highest BCUT2D eigenvalue weighted by Crippen LogP contribution is 2.36. The zero-order valence-electron chi connectivity index (χ0n) is 21.5. The molecular weight excluding hydrogens is 482 g/mol. The smallest absolute Gasteiger partial charge is 0.341 e. The third-order valence-corrected chi connectivity index (χ3v) is 7.44. The number of rotatable bonds is 9. The second-order valence-corrected chi connectivity index (χ2v) is 10.1. The molecule has 1 aromatic heterocycles. The molecule has 4 aromatic rings. The molecular formula is C31H31NO4S. The van der Waals surface area contributed by atoms with E-state index in [1.54, 1.807) is 0 Å². The number of thiophene rings is 1. The summed E-state index contributed by atoms with van der Waals surface area (Å²) in [7, 11) is 1.33. The van der Waals surface area contributed by atoms with Crippen LogP contribution in [-0.4, -0.2) is 25.6 Å². The van der Waals surface area contributed by atoms with Crippen LogP contribution in [0.25, 0.3) is 11.1 Å². The third-order valence-electron chi connectivity index (χ3n) is 6.55. The van der Waals surface area contributed by atoms with Gasteiger partial charge in [0.05, 0.1) is 7.11 Å². The van der Waals surface area contributed by atoms with Gasteiger partial charge in [-0.05, 0) is 40.8 Å². The Bertz CT molecular complexity index is 1360. The van der Waals surface area contributed by atoms with Gasteiger partial charge >= 0.3 is 5.97 Å². The Balaban J connectivity index is 1.43. The molecule has 0 unspecified atom stereocenters. The Morgan fingerprint density at radius 1 is 0.892 bits per heavy atom. The molecule has 0 saturated heterocycles. The second-order valence-electron chi connectivity index (χ2n) is 9.25. The summed E-state index contributed by atoms with van der Waals surface area (Å²) >= 11 is 1.29. The van der Waals surface area contributed by atoms with Gasteiger partial charge in [-0.25, -0.2) is 4.79 Å². The minimum atomic E-state index is -0.497. The Kier molecular flexibility index (Phi) is 8.09. The number of aryl methyl sites for hydroxylation is 1. The van der Waals surface area contributed by atoms with Crippen molar-refractivity contribution in [2.75, 3.05) is 19.0 Å². The van der Waals surface area contributed by atoms with Gasteiger partial charge in [0, 0.05) is 16.4 Å². The summed E-state index contributed by atoms with van der Waals surface area (Å²) in [5, 5.41) is 5.12. The van der Waals surface area contributed by atoms with Gasteiger partial charge in [0.15, 0.2) is 6.61 Å². The van der Waals surface area contributed by atoms with Gasteiger partial charge in [-0.15, -0.1) is 11.3 Å². The molecule has 3 aromatic carbocycles. The molecule has 0 spiro atoms. The molecule has 0 fully saturated rings. The summed E-state index contributed by atoms with van der Waals surface area (Å²) in [6.07, 6.45) is 0.933. The average molecular weight is 514 g/mol. The number of methoxy groups -OCH3 is 1. The van der Waals surface area contributed by atoms with Crippen molar-refractivity contribution in [3.05, 3.63) is 106 Å². The molecule has 0 aliphatic heterocycles. The van der Waals surface area contributed by atoms with Gasteiger partial charge in [0.2, 0.25) is 0 Å². The van der Waals surface area contributed by atoms with E-state index in [1.807, 2.05) is 72.1 Å². The molecule has 1 amide bonds. The molecule has 0 aliphatic carbocycles. The molecule has 0 bridgehead atoms. The minimum Gasteiger partial charge on any atom is -0.484 e. The lowest BCUT2D eigenvalue weighted by molar-refractivity contribution is -0.118. The fourth-order valence-electron chi connectivity index (χ4n) is 4.19. The van der Waals surface area contributed by atoms with Crippen molar-refractivity contribution in [3.63, 3.8) is 0 Å². The lowest BCUT2D eigenvalue weighted by atomic mass is 9.78. The van der Waals surface area contributed by atoms with Crippen molar-refractivity contribution in [1.82, 2.24) is 0 Å². The SMILES string of the molecule is CCc1ccc(-c2csc(NC(=O)COc3ccc(C(C)(C)c4ccccc4)cc3)c2C(=O)OC)cc1. The molecule has 0 radical (unpaired) electrons. The summed E-state index contributed by atoms with van der Waals surface area (Å²) in [6.45, 7) is 6.27. The van der Waals surface area contributed by atoms with Crippen molar-refractivity contribution >= 4 is 28.2 Å². The monoisotopic (exact) mass is 513 g/mol. The van der Waals surface area contributed by atoms with Crippen LogP contribution in [-0.2, 0) is 21.4 Å². The summed E-state index contributed by atoms with van der Waals surface area (Å²) in [5.41, 5.74) is 5.39. The lowest BCUT2D eigenvalue weighted by Gasteiger charge is -2.26. The molecule has 0 aliphatic rings. The van der Waals surface area contributed by atoms with Crippen LogP contribution in [0.4, 0.5) is 5.00 Å². The zero-order chi connectivity index (χ0) is 26.4. The highest BCUT2D eigenvalue weighted by molar-refractivity contribution is 7.15. The number of hydrogen-bond acceptors (Lipinski definition) is 5.